The Balaban J connectivity index is 1.94. The minimum Gasteiger partial charge on any atom is -0.298 e. The van der Waals surface area contributed by atoms with E-state index in [1.54, 1.807) is 0 Å². The van der Waals surface area contributed by atoms with Crippen molar-refractivity contribution >= 4 is 0 Å². The molecule has 1 heteroatoms. The van der Waals surface area contributed by atoms with E-state index in [9.17, 15) is 0 Å². The summed E-state index contributed by atoms with van der Waals surface area (Å²) in [6.07, 6.45) is 10.4. The van der Waals surface area contributed by atoms with Gasteiger partial charge in [0.25, 0.3) is 0 Å². The number of hydrogen-bond acceptors (Lipinski definition) is 1. The summed E-state index contributed by atoms with van der Waals surface area (Å²) in [4.78, 5) is 2.76. The van der Waals surface area contributed by atoms with E-state index < -0.39 is 0 Å². The van der Waals surface area contributed by atoms with Gasteiger partial charge in [-0.15, -0.1) is 0 Å². The third-order valence-corrected chi connectivity index (χ3v) is 4.20. The Labute approximate surface area is 88.9 Å². The molecule has 0 spiro atoms. The minimum atomic E-state index is 0.768. The summed E-state index contributed by atoms with van der Waals surface area (Å²) in [5, 5.41) is 0. The van der Waals surface area contributed by atoms with E-state index in [0.717, 1.165) is 18.0 Å². The maximum atomic E-state index is 2.76. The first kappa shape index (κ1) is 10.5. The van der Waals surface area contributed by atoms with Gasteiger partial charge in [0.2, 0.25) is 0 Å². The molecule has 2 fully saturated rings. The number of likely N-dealkylation sites (tertiary alicyclic amines) is 1. The van der Waals surface area contributed by atoms with Crippen LogP contribution in [0.1, 0.15) is 58.8 Å². The van der Waals surface area contributed by atoms with Crippen molar-refractivity contribution < 1.29 is 0 Å². The molecule has 0 N–H and O–H groups in total. The predicted octanol–water partition coefficient (Wildman–Crippen LogP) is 3.44. The van der Waals surface area contributed by atoms with Gasteiger partial charge in [-0.05, 0) is 52.0 Å². The Hall–Kier alpha value is -0.0400. The van der Waals surface area contributed by atoms with Crippen molar-refractivity contribution in [3.05, 3.63) is 0 Å². The van der Waals surface area contributed by atoms with Gasteiger partial charge in [-0.25, -0.2) is 0 Å². The fraction of sp³-hybridized carbons (Fsp3) is 1.00. The number of nitrogens with zero attached hydrogens (tertiary/aromatic N) is 1. The zero-order valence-corrected chi connectivity index (χ0v) is 9.84. The summed E-state index contributed by atoms with van der Waals surface area (Å²) in [6.45, 7) is 6.08. The molecule has 0 unspecified atom stereocenters. The third-order valence-electron chi connectivity index (χ3n) is 4.20. The molecule has 2 rings (SSSR count). The summed E-state index contributed by atoms with van der Waals surface area (Å²) >= 11 is 0. The van der Waals surface area contributed by atoms with E-state index >= 15 is 0 Å². The summed E-state index contributed by atoms with van der Waals surface area (Å²) < 4.78 is 0. The van der Waals surface area contributed by atoms with Crippen LogP contribution in [0.5, 0.6) is 0 Å². The lowest BCUT2D eigenvalue weighted by atomic mass is 9.82. The van der Waals surface area contributed by atoms with Crippen molar-refractivity contribution in [2.75, 3.05) is 6.54 Å². The van der Waals surface area contributed by atoms with Crippen LogP contribution in [0.15, 0.2) is 0 Å². The van der Waals surface area contributed by atoms with E-state index in [2.05, 4.69) is 18.7 Å². The highest BCUT2D eigenvalue weighted by molar-refractivity contribution is 4.87. The van der Waals surface area contributed by atoms with E-state index in [1.807, 2.05) is 0 Å². The summed E-state index contributed by atoms with van der Waals surface area (Å²) in [5.74, 6) is 1.04. The van der Waals surface area contributed by atoms with Crippen LogP contribution in [-0.2, 0) is 0 Å². The minimum absolute atomic E-state index is 0.768. The van der Waals surface area contributed by atoms with Gasteiger partial charge in [0.15, 0.2) is 0 Å². The molecule has 0 aromatic carbocycles. The first-order valence-corrected chi connectivity index (χ1v) is 6.55. The smallest absolute Gasteiger partial charge is 0.0127 e. The quantitative estimate of drug-likeness (QED) is 0.652. The van der Waals surface area contributed by atoms with Crippen LogP contribution in [0.25, 0.3) is 0 Å². The summed E-state index contributed by atoms with van der Waals surface area (Å²) in [5.41, 5.74) is 0. The van der Waals surface area contributed by atoms with Crippen LogP contribution in [0.3, 0.4) is 0 Å². The zero-order valence-electron chi connectivity index (χ0n) is 9.84. The molecule has 0 bridgehead atoms. The number of hydrogen-bond donors (Lipinski definition) is 0. The predicted molar refractivity (Wildman–Crippen MR) is 61.4 cm³/mol. The van der Waals surface area contributed by atoms with Gasteiger partial charge >= 0.3 is 0 Å². The number of rotatable bonds is 2. The summed E-state index contributed by atoms with van der Waals surface area (Å²) in [7, 11) is 0. The maximum absolute atomic E-state index is 2.76. The highest BCUT2D eigenvalue weighted by Gasteiger charge is 2.33. The van der Waals surface area contributed by atoms with E-state index in [0.29, 0.717) is 0 Å². The van der Waals surface area contributed by atoms with Gasteiger partial charge in [-0.1, -0.05) is 19.3 Å². The van der Waals surface area contributed by atoms with Crippen molar-refractivity contribution in [2.45, 2.75) is 70.9 Å². The van der Waals surface area contributed by atoms with Crippen LogP contribution >= 0.6 is 0 Å². The van der Waals surface area contributed by atoms with E-state index in [-0.39, 0.29) is 0 Å². The highest BCUT2D eigenvalue weighted by Crippen LogP contribution is 2.34. The maximum Gasteiger partial charge on any atom is 0.0127 e. The van der Waals surface area contributed by atoms with Crippen LogP contribution in [0, 0.1) is 5.92 Å². The van der Waals surface area contributed by atoms with Gasteiger partial charge in [0, 0.05) is 12.1 Å². The molecule has 1 aliphatic heterocycles. The third kappa shape index (κ3) is 2.13. The molecule has 2 aliphatic rings. The monoisotopic (exact) mass is 195 g/mol. The molecule has 0 amide bonds. The fourth-order valence-corrected chi connectivity index (χ4v) is 3.48. The van der Waals surface area contributed by atoms with Crippen molar-refractivity contribution in [1.82, 2.24) is 4.90 Å². The van der Waals surface area contributed by atoms with Crippen LogP contribution in [0.2, 0.25) is 0 Å². The highest BCUT2D eigenvalue weighted by atomic mass is 15.2. The van der Waals surface area contributed by atoms with E-state index in [4.69, 9.17) is 0 Å². The second kappa shape index (κ2) is 4.65. The van der Waals surface area contributed by atoms with Crippen molar-refractivity contribution in [1.29, 1.82) is 0 Å². The molecule has 1 saturated heterocycles. The average molecular weight is 195 g/mol. The van der Waals surface area contributed by atoms with Crippen LogP contribution in [0.4, 0.5) is 0 Å². The molecular formula is C13H25N. The average Bonchev–Trinajstić information content (AvgIpc) is 2.67. The molecule has 1 aliphatic carbocycles. The SMILES string of the molecule is CC(C)N1CCC[C@H]1C1CCCCC1. The molecule has 0 aromatic rings. The Morgan fingerprint density at radius 2 is 1.64 bits per heavy atom. The second-order valence-corrected chi connectivity index (χ2v) is 5.44. The lowest BCUT2D eigenvalue weighted by molar-refractivity contribution is 0.128. The molecule has 0 radical (unpaired) electrons. The zero-order chi connectivity index (χ0) is 9.97. The molecule has 82 valence electrons. The lowest BCUT2D eigenvalue weighted by Gasteiger charge is -2.36. The Morgan fingerprint density at radius 3 is 2.29 bits per heavy atom. The first-order chi connectivity index (χ1) is 6.79. The van der Waals surface area contributed by atoms with Crippen molar-refractivity contribution in [3.8, 4) is 0 Å². The lowest BCUT2D eigenvalue weighted by Crippen LogP contribution is -2.40. The topological polar surface area (TPSA) is 3.24 Å². The molecule has 1 atom stereocenters. The van der Waals surface area contributed by atoms with Gasteiger partial charge < -0.3 is 0 Å². The second-order valence-electron chi connectivity index (χ2n) is 5.44. The van der Waals surface area contributed by atoms with Crippen LogP contribution in [-0.4, -0.2) is 23.5 Å². The Kier molecular flexibility index (Phi) is 3.48. The van der Waals surface area contributed by atoms with Gasteiger partial charge in [0.05, 0.1) is 0 Å². The summed E-state index contributed by atoms with van der Waals surface area (Å²) in [6, 6.07) is 1.71. The normalized spacial score (nSPS) is 31.5. The molecule has 1 saturated carbocycles. The standard InChI is InChI=1S/C13H25N/c1-11(2)14-10-6-9-13(14)12-7-4-3-5-8-12/h11-13H,3-10H2,1-2H3/t13-/m0/s1. The largest absolute Gasteiger partial charge is 0.298 e. The molecular weight excluding hydrogens is 170 g/mol. The van der Waals surface area contributed by atoms with Gasteiger partial charge in [0.1, 0.15) is 0 Å². The fourth-order valence-electron chi connectivity index (χ4n) is 3.48. The van der Waals surface area contributed by atoms with E-state index in [1.165, 1.54) is 51.5 Å². The molecule has 1 nitrogen and oxygen atoms in total. The van der Waals surface area contributed by atoms with Gasteiger partial charge in [-0.2, -0.15) is 0 Å². The van der Waals surface area contributed by atoms with Crippen molar-refractivity contribution in [2.24, 2.45) is 5.92 Å². The Morgan fingerprint density at radius 1 is 0.929 bits per heavy atom. The molecule has 1 heterocycles. The molecule has 0 aromatic heterocycles. The van der Waals surface area contributed by atoms with Crippen LogP contribution < -0.4 is 0 Å². The Bertz CT molecular complexity index is 170. The first-order valence-electron chi connectivity index (χ1n) is 6.55. The van der Waals surface area contributed by atoms with Gasteiger partial charge in [-0.3, -0.25) is 4.90 Å². The van der Waals surface area contributed by atoms with Crippen molar-refractivity contribution in [3.63, 3.8) is 0 Å². The molecule has 14 heavy (non-hydrogen) atoms.